The number of phenols is 1. The van der Waals surface area contributed by atoms with Crippen LogP contribution in [0.1, 0.15) is 32.9 Å². The van der Waals surface area contributed by atoms with E-state index in [0.717, 1.165) is 11.3 Å². The van der Waals surface area contributed by atoms with Crippen LogP contribution in [0.3, 0.4) is 0 Å². The third-order valence-corrected chi connectivity index (χ3v) is 6.18. The Bertz CT molecular complexity index is 1120. The number of primary amides is 1. The molecule has 3 aromatic rings. The highest BCUT2D eigenvalue weighted by molar-refractivity contribution is 7.21. The van der Waals surface area contributed by atoms with Crippen molar-refractivity contribution in [3.63, 3.8) is 0 Å². The second-order valence-corrected chi connectivity index (χ2v) is 8.14. The number of nitrogens with zero attached hydrogens (tertiary/aromatic N) is 2. The number of nitrogens with one attached hydrogen (secondary N) is 1. The number of amides is 2. The largest absolute Gasteiger partial charge is 0.508 e. The molecule has 7 N–H and O–H groups in total. The molecule has 0 unspecified atom stereocenters. The number of piperidine rings is 1. The zero-order valence-corrected chi connectivity index (χ0v) is 16.8. The standard InChI is InChI=1S/C20H21N5O4S/c21-16-15-13(19(29)23-10-1-3-11(26)4-2-10)9-14(25-7-5-12(27)6-8-25)24-20(15)30-17(16)18(22)28/h1-4,9,12,26-27H,5-8,21H2,(H2,22,28)(H,23,29). The van der Waals surface area contributed by atoms with Crippen molar-refractivity contribution in [1.29, 1.82) is 0 Å². The highest BCUT2D eigenvalue weighted by Crippen LogP contribution is 2.37. The number of aromatic nitrogens is 1. The lowest BCUT2D eigenvalue weighted by atomic mass is 10.1. The molecular weight excluding hydrogens is 406 g/mol. The summed E-state index contributed by atoms with van der Waals surface area (Å²) in [7, 11) is 0. The van der Waals surface area contributed by atoms with E-state index in [1.54, 1.807) is 18.2 Å². The summed E-state index contributed by atoms with van der Waals surface area (Å²) in [5, 5.41) is 22.4. The van der Waals surface area contributed by atoms with Crippen LogP contribution in [-0.2, 0) is 0 Å². The molecule has 9 nitrogen and oxygen atoms in total. The van der Waals surface area contributed by atoms with E-state index < -0.39 is 11.8 Å². The van der Waals surface area contributed by atoms with Gasteiger partial charge < -0.3 is 31.9 Å². The van der Waals surface area contributed by atoms with Crippen LogP contribution >= 0.6 is 11.3 Å². The van der Waals surface area contributed by atoms with Crippen molar-refractivity contribution in [2.45, 2.75) is 18.9 Å². The van der Waals surface area contributed by atoms with Crippen molar-refractivity contribution in [3.8, 4) is 5.75 Å². The number of thiophene rings is 1. The fourth-order valence-electron chi connectivity index (χ4n) is 3.47. The van der Waals surface area contributed by atoms with Crippen LogP contribution in [0.25, 0.3) is 10.2 Å². The Morgan fingerprint density at radius 2 is 1.87 bits per heavy atom. The Labute approximate surface area is 175 Å². The predicted molar refractivity (Wildman–Crippen MR) is 116 cm³/mol. The molecule has 1 aromatic carbocycles. The van der Waals surface area contributed by atoms with Gasteiger partial charge in [-0.05, 0) is 43.2 Å². The number of hydrogen-bond donors (Lipinski definition) is 5. The average molecular weight is 427 g/mol. The number of nitrogen functional groups attached to an aromatic ring is 1. The molecule has 0 radical (unpaired) electrons. The van der Waals surface area contributed by atoms with E-state index in [9.17, 15) is 19.8 Å². The third-order valence-electron chi connectivity index (χ3n) is 5.07. The zero-order chi connectivity index (χ0) is 21.4. The van der Waals surface area contributed by atoms with E-state index >= 15 is 0 Å². The lowest BCUT2D eigenvalue weighted by Gasteiger charge is -2.30. The second kappa shape index (κ2) is 7.81. The van der Waals surface area contributed by atoms with Crippen LogP contribution in [-0.4, -0.2) is 46.2 Å². The molecule has 0 spiro atoms. The van der Waals surface area contributed by atoms with E-state index in [4.69, 9.17) is 11.5 Å². The highest BCUT2D eigenvalue weighted by Gasteiger charge is 2.25. The minimum absolute atomic E-state index is 0.0852. The Hall–Kier alpha value is -3.37. The van der Waals surface area contributed by atoms with E-state index in [0.29, 0.717) is 47.7 Å². The molecule has 0 bridgehead atoms. The van der Waals surface area contributed by atoms with Crippen molar-refractivity contribution in [2.75, 3.05) is 29.0 Å². The van der Waals surface area contributed by atoms with E-state index in [1.165, 1.54) is 12.1 Å². The molecule has 3 heterocycles. The fraction of sp³-hybridized carbons (Fsp3) is 0.250. The number of aliphatic hydroxyl groups excluding tert-OH is 1. The zero-order valence-electron chi connectivity index (χ0n) is 16.0. The molecule has 0 saturated carbocycles. The first-order valence-electron chi connectivity index (χ1n) is 9.39. The quantitative estimate of drug-likeness (QED) is 0.398. The molecule has 10 heteroatoms. The Balaban J connectivity index is 1.79. The highest BCUT2D eigenvalue weighted by atomic mass is 32.1. The molecule has 0 aliphatic carbocycles. The van der Waals surface area contributed by atoms with Gasteiger partial charge in [0.15, 0.2) is 0 Å². The molecular formula is C20H21N5O4S. The molecule has 2 aromatic heterocycles. The number of phenolic OH excluding ortho intramolecular Hbond substituents is 1. The lowest BCUT2D eigenvalue weighted by Crippen LogP contribution is -2.36. The number of nitrogens with two attached hydrogens (primary N) is 2. The number of carbonyl (C=O) groups excluding carboxylic acids is 2. The second-order valence-electron chi connectivity index (χ2n) is 7.14. The number of carbonyl (C=O) groups is 2. The molecule has 0 atom stereocenters. The van der Waals surface area contributed by atoms with Gasteiger partial charge in [-0.1, -0.05) is 0 Å². The summed E-state index contributed by atoms with van der Waals surface area (Å²) in [4.78, 5) is 32.1. The van der Waals surface area contributed by atoms with Gasteiger partial charge in [-0.25, -0.2) is 4.98 Å². The van der Waals surface area contributed by atoms with Gasteiger partial charge >= 0.3 is 0 Å². The lowest BCUT2D eigenvalue weighted by molar-refractivity contribution is 0.100. The van der Waals surface area contributed by atoms with Crippen LogP contribution < -0.4 is 21.7 Å². The first-order valence-corrected chi connectivity index (χ1v) is 10.2. The molecule has 30 heavy (non-hydrogen) atoms. The average Bonchev–Trinajstić information content (AvgIpc) is 3.06. The van der Waals surface area contributed by atoms with Crippen molar-refractivity contribution < 1.29 is 19.8 Å². The van der Waals surface area contributed by atoms with Gasteiger partial charge in [0.2, 0.25) is 0 Å². The number of rotatable bonds is 4. The van der Waals surface area contributed by atoms with E-state index in [2.05, 4.69) is 10.3 Å². The van der Waals surface area contributed by atoms with Crippen LogP contribution in [0, 0.1) is 0 Å². The van der Waals surface area contributed by atoms with Crippen molar-refractivity contribution >= 4 is 50.6 Å². The molecule has 156 valence electrons. The first-order chi connectivity index (χ1) is 14.3. The van der Waals surface area contributed by atoms with Gasteiger partial charge in [0.1, 0.15) is 21.3 Å². The first kappa shape index (κ1) is 19.9. The fourth-order valence-corrected chi connectivity index (χ4v) is 4.44. The topological polar surface area (TPSA) is 155 Å². The van der Waals surface area contributed by atoms with Crippen LogP contribution in [0.4, 0.5) is 17.2 Å². The number of benzene rings is 1. The molecule has 4 rings (SSSR count). The molecule has 1 aliphatic heterocycles. The van der Waals surface area contributed by atoms with Gasteiger partial charge in [0.25, 0.3) is 11.8 Å². The summed E-state index contributed by atoms with van der Waals surface area (Å²) in [6.45, 7) is 1.20. The summed E-state index contributed by atoms with van der Waals surface area (Å²) >= 11 is 1.05. The maximum atomic E-state index is 13.1. The SMILES string of the molecule is NC(=O)c1sc2nc(N3CCC(O)CC3)cc(C(=O)Nc3ccc(O)cc3)c2c1N. The van der Waals surface area contributed by atoms with Gasteiger partial charge in [-0.15, -0.1) is 11.3 Å². The molecule has 1 aliphatic rings. The maximum Gasteiger partial charge on any atom is 0.260 e. The monoisotopic (exact) mass is 427 g/mol. The van der Waals surface area contributed by atoms with Crippen molar-refractivity contribution in [2.24, 2.45) is 5.73 Å². The smallest absolute Gasteiger partial charge is 0.260 e. The van der Waals surface area contributed by atoms with Crippen LogP contribution in [0.15, 0.2) is 30.3 Å². The summed E-state index contributed by atoms with van der Waals surface area (Å²) < 4.78 is 0. The predicted octanol–water partition coefficient (Wildman–Crippen LogP) is 1.90. The van der Waals surface area contributed by atoms with Gasteiger partial charge in [-0.2, -0.15) is 0 Å². The Morgan fingerprint density at radius 3 is 2.50 bits per heavy atom. The van der Waals surface area contributed by atoms with E-state index in [1.807, 2.05) is 4.90 Å². The maximum absolute atomic E-state index is 13.1. The number of aromatic hydroxyl groups is 1. The van der Waals surface area contributed by atoms with E-state index in [-0.39, 0.29) is 28.0 Å². The summed E-state index contributed by atoms with van der Waals surface area (Å²) in [5.74, 6) is -0.445. The number of aliphatic hydroxyl groups is 1. The number of anilines is 3. The summed E-state index contributed by atoms with van der Waals surface area (Å²) in [6.07, 6.45) is 0.864. The number of pyridine rings is 1. The minimum Gasteiger partial charge on any atom is -0.508 e. The van der Waals surface area contributed by atoms with Crippen LogP contribution in [0.2, 0.25) is 0 Å². The Morgan fingerprint density at radius 1 is 1.20 bits per heavy atom. The summed E-state index contributed by atoms with van der Waals surface area (Å²) in [5.41, 5.74) is 12.5. The molecule has 2 amide bonds. The molecule has 1 saturated heterocycles. The van der Waals surface area contributed by atoms with Crippen LogP contribution in [0.5, 0.6) is 5.75 Å². The minimum atomic E-state index is -0.678. The number of fused-ring (bicyclic) bond motifs is 1. The third kappa shape index (κ3) is 3.74. The van der Waals surface area contributed by atoms with Crippen molar-refractivity contribution in [3.05, 3.63) is 40.8 Å². The van der Waals surface area contributed by atoms with Gasteiger partial charge in [0, 0.05) is 24.2 Å². The van der Waals surface area contributed by atoms with Gasteiger partial charge in [-0.3, -0.25) is 9.59 Å². The Kier molecular flexibility index (Phi) is 5.18. The summed E-state index contributed by atoms with van der Waals surface area (Å²) in [6, 6.07) is 7.72. The van der Waals surface area contributed by atoms with Gasteiger partial charge in [0.05, 0.1) is 17.4 Å². The van der Waals surface area contributed by atoms with Crippen molar-refractivity contribution in [1.82, 2.24) is 4.98 Å². The normalized spacial score (nSPS) is 14.8. The number of hydrogen-bond acceptors (Lipinski definition) is 8. The molecule has 1 fully saturated rings.